The average molecular weight is 240 g/mol. The van der Waals surface area contributed by atoms with Gasteiger partial charge in [0.2, 0.25) is 0 Å². The largest absolute Gasteiger partial charge is 0.312 e. The van der Waals surface area contributed by atoms with Crippen LogP contribution in [0.25, 0.3) is 0 Å². The Labute approximate surface area is 91.8 Å². The number of hydrogen-bond donors (Lipinski definition) is 2. The summed E-state index contributed by atoms with van der Waals surface area (Å²) in [5.74, 6) is -5.70. The first-order chi connectivity index (χ1) is 7.41. The second kappa shape index (κ2) is 4.14. The summed E-state index contributed by atoms with van der Waals surface area (Å²) >= 11 is 0. The highest BCUT2D eigenvalue weighted by Gasteiger charge is 2.49. The molecule has 0 bridgehead atoms. The number of nitrogens with one attached hydrogen (secondary N) is 2. The summed E-state index contributed by atoms with van der Waals surface area (Å²) in [6, 6.07) is -1.99. The molecule has 6 heteroatoms. The van der Waals surface area contributed by atoms with Crippen molar-refractivity contribution in [3.05, 3.63) is 0 Å². The fourth-order valence-electron chi connectivity index (χ4n) is 2.50. The molecule has 2 heterocycles. The van der Waals surface area contributed by atoms with Crippen LogP contribution in [0.1, 0.15) is 25.7 Å². The Bertz CT molecular complexity index is 257. The Hall–Kier alpha value is -0.360. The van der Waals surface area contributed by atoms with Crippen molar-refractivity contribution in [2.45, 2.75) is 49.6 Å². The van der Waals surface area contributed by atoms with Crippen molar-refractivity contribution in [3.8, 4) is 0 Å². The summed E-state index contributed by atoms with van der Waals surface area (Å²) in [4.78, 5) is 0. The zero-order valence-electron chi connectivity index (χ0n) is 8.91. The lowest BCUT2D eigenvalue weighted by Crippen LogP contribution is -2.63. The van der Waals surface area contributed by atoms with E-state index in [-0.39, 0.29) is 19.4 Å². The van der Waals surface area contributed by atoms with Gasteiger partial charge < -0.3 is 10.6 Å². The molecule has 2 saturated heterocycles. The van der Waals surface area contributed by atoms with E-state index in [9.17, 15) is 17.6 Å². The summed E-state index contributed by atoms with van der Waals surface area (Å²) in [7, 11) is 0. The fourth-order valence-corrected chi connectivity index (χ4v) is 2.50. The Morgan fingerprint density at radius 2 is 1.69 bits per heavy atom. The molecule has 0 aromatic carbocycles. The van der Waals surface area contributed by atoms with Crippen molar-refractivity contribution in [1.29, 1.82) is 0 Å². The molecule has 0 aromatic rings. The molecule has 16 heavy (non-hydrogen) atoms. The number of piperidine rings is 2. The molecule has 2 fully saturated rings. The first-order valence-electron chi connectivity index (χ1n) is 5.63. The topological polar surface area (TPSA) is 24.1 Å². The molecule has 0 radical (unpaired) electrons. The van der Waals surface area contributed by atoms with Crippen LogP contribution >= 0.6 is 0 Å². The number of hydrogen-bond acceptors (Lipinski definition) is 2. The van der Waals surface area contributed by atoms with Crippen molar-refractivity contribution in [3.63, 3.8) is 0 Å². The van der Waals surface area contributed by atoms with Gasteiger partial charge in [-0.1, -0.05) is 0 Å². The van der Waals surface area contributed by atoms with Gasteiger partial charge in [-0.3, -0.25) is 0 Å². The highest BCUT2D eigenvalue weighted by molar-refractivity contribution is 4.99. The summed E-state index contributed by atoms with van der Waals surface area (Å²) in [6.45, 7) is 0.579. The van der Waals surface area contributed by atoms with Gasteiger partial charge in [-0.05, 0) is 13.0 Å². The summed E-state index contributed by atoms with van der Waals surface area (Å²) in [6.07, 6.45) is -0.580. The molecule has 2 aliphatic heterocycles. The molecule has 2 N–H and O–H groups in total. The Kier molecular flexibility index (Phi) is 3.13. The van der Waals surface area contributed by atoms with Crippen molar-refractivity contribution in [2.75, 3.05) is 13.1 Å². The maximum absolute atomic E-state index is 13.6. The van der Waals surface area contributed by atoms with Crippen LogP contribution in [0.5, 0.6) is 0 Å². The number of alkyl halides is 4. The summed E-state index contributed by atoms with van der Waals surface area (Å²) in [5, 5.41) is 5.45. The minimum Gasteiger partial charge on any atom is -0.312 e. The maximum atomic E-state index is 13.6. The van der Waals surface area contributed by atoms with E-state index in [0.717, 1.165) is 0 Å². The van der Waals surface area contributed by atoms with E-state index in [2.05, 4.69) is 10.6 Å². The molecule has 0 saturated carbocycles. The predicted molar refractivity (Wildman–Crippen MR) is 51.9 cm³/mol. The van der Waals surface area contributed by atoms with Crippen LogP contribution < -0.4 is 10.6 Å². The van der Waals surface area contributed by atoms with E-state index < -0.39 is 30.3 Å². The normalized spacial score (nSPS) is 38.2. The molecule has 0 aromatic heterocycles. The van der Waals surface area contributed by atoms with Crippen LogP contribution in [0, 0.1) is 0 Å². The molecule has 2 unspecified atom stereocenters. The second-order valence-corrected chi connectivity index (χ2v) is 4.67. The third-order valence-electron chi connectivity index (χ3n) is 3.32. The third-order valence-corrected chi connectivity index (χ3v) is 3.32. The predicted octanol–water partition coefficient (Wildman–Crippen LogP) is 1.76. The Balaban J connectivity index is 2.05. The van der Waals surface area contributed by atoms with E-state index in [1.54, 1.807) is 0 Å². The van der Waals surface area contributed by atoms with Crippen molar-refractivity contribution < 1.29 is 17.6 Å². The molecule has 94 valence electrons. The van der Waals surface area contributed by atoms with Crippen LogP contribution in [0.2, 0.25) is 0 Å². The van der Waals surface area contributed by atoms with E-state index in [1.165, 1.54) is 0 Å². The van der Waals surface area contributed by atoms with Crippen LogP contribution in [0.4, 0.5) is 17.6 Å². The lowest BCUT2D eigenvalue weighted by molar-refractivity contribution is -0.0999. The molecular formula is C10H16F4N2. The Morgan fingerprint density at radius 3 is 2.31 bits per heavy atom. The fraction of sp³-hybridized carbons (Fsp3) is 1.00. The Morgan fingerprint density at radius 1 is 0.938 bits per heavy atom. The van der Waals surface area contributed by atoms with Gasteiger partial charge in [0.1, 0.15) is 0 Å². The highest BCUT2D eigenvalue weighted by Crippen LogP contribution is 2.35. The second-order valence-electron chi connectivity index (χ2n) is 4.67. The van der Waals surface area contributed by atoms with Gasteiger partial charge in [-0.2, -0.15) is 0 Å². The molecule has 2 rings (SSSR count). The van der Waals surface area contributed by atoms with E-state index in [0.29, 0.717) is 13.0 Å². The lowest BCUT2D eigenvalue weighted by Gasteiger charge is -2.41. The minimum atomic E-state index is -2.89. The van der Waals surface area contributed by atoms with Crippen molar-refractivity contribution >= 4 is 0 Å². The van der Waals surface area contributed by atoms with Gasteiger partial charge in [0.05, 0.1) is 6.04 Å². The quantitative estimate of drug-likeness (QED) is 0.682. The van der Waals surface area contributed by atoms with Gasteiger partial charge in [0, 0.05) is 31.8 Å². The maximum Gasteiger partial charge on any atom is 0.264 e. The summed E-state index contributed by atoms with van der Waals surface area (Å²) in [5.41, 5.74) is 0. The third kappa shape index (κ3) is 2.48. The van der Waals surface area contributed by atoms with Gasteiger partial charge in [-0.15, -0.1) is 0 Å². The molecular weight excluding hydrogens is 224 g/mol. The van der Waals surface area contributed by atoms with E-state index in [4.69, 9.17) is 0 Å². The van der Waals surface area contributed by atoms with Gasteiger partial charge >= 0.3 is 0 Å². The number of rotatable bonds is 1. The van der Waals surface area contributed by atoms with Gasteiger partial charge in [0.15, 0.2) is 0 Å². The molecule has 0 amide bonds. The van der Waals surface area contributed by atoms with Crippen molar-refractivity contribution in [2.24, 2.45) is 0 Å². The molecule has 2 aliphatic rings. The average Bonchev–Trinajstić information content (AvgIpc) is 2.15. The summed E-state index contributed by atoms with van der Waals surface area (Å²) < 4.78 is 53.4. The van der Waals surface area contributed by atoms with E-state index in [1.807, 2.05) is 0 Å². The lowest BCUT2D eigenvalue weighted by atomic mass is 9.87. The van der Waals surface area contributed by atoms with Crippen LogP contribution in [0.15, 0.2) is 0 Å². The molecule has 2 atom stereocenters. The zero-order valence-corrected chi connectivity index (χ0v) is 8.91. The van der Waals surface area contributed by atoms with Crippen molar-refractivity contribution in [1.82, 2.24) is 10.6 Å². The molecule has 2 nitrogen and oxygen atoms in total. The van der Waals surface area contributed by atoms with Crippen LogP contribution in [-0.4, -0.2) is 37.0 Å². The zero-order chi connectivity index (χ0) is 11.8. The minimum absolute atomic E-state index is 0.103. The number of halogens is 4. The van der Waals surface area contributed by atoms with Gasteiger partial charge in [0.25, 0.3) is 11.8 Å². The smallest absolute Gasteiger partial charge is 0.264 e. The SMILES string of the molecule is FC1(F)CCNC(C2NCCCC2(F)F)C1. The molecule has 0 spiro atoms. The van der Waals surface area contributed by atoms with Crippen LogP contribution in [-0.2, 0) is 0 Å². The van der Waals surface area contributed by atoms with Gasteiger partial charge in [-0.25, -0.2) is 17.6 Å². The highest BCUT2D eigenvalue weighted by atomic mass is 19.3. The molecule has 0 aliphatic carbocycles. The standard InChI is InChI=1S/C10H16F4N2/c11-9(12)3-5-15-7(6-9)8-10(13,14)2-1-4-16-8/h7-8,15-16H,1-6H2. The van der Waals surface area contributed by atoms with E-state index >= 15 is 0 Å². The van der Waals surface area contributed by atoms with Crippen LogP contribution in [0.3, 0.4) is 0 Å². The first-order valence-corrected chi connectivity index (χ1v) is 5.63. The monoisotopic (exact) mass is 240 g/mol. The first kappa shape index (κ1) is 12.1.